The van der Waals surface area contributed by atoms with E-state index in [0.717, 1.165) is 31.2 Å². The summed E-state index contributed by atoms with van der Waals surface area (Å²) in [6.45, 7) is 3.58. The van der Waals surface area contributed by atoms with Gasteiger partial charge in [-0.15, -0.1) is 0 Å². The van der Waals surface area contributed by atoms with Crippen LogP contribution in [-0.4, -0.2) is 32.6 Å². The number of anilines is 1. The zero-order valence-corrected chi connectivity index (χ0v) is 14.6. The van der Waals surface area contributed by atoms with E-state index in [0.29, 0.717) is 12.5 Å². The summed E-state index contributed by atoms with van der Waals surface area (Å²) in [5.41, 5.74) is 2.19. The number of para-hydroxylation sites is 1. The molecule has 132 valence electrons. The second kappa shape index (κ2) is 8.51. The Balaban J connectivity index is 1.44. The third kappa shape index (κ3) is 4.95. The molecule has 0 saturated carbocycles. The topological polar surface area (TPSA) is 39.7 Å². The number of nitrogens with zero attached hydrogens (tertiary/aromatic N) is 2. The molecule has 25 heavy (non-hydrogen) atoms. The van der Waals surface area contributed by atoms with Gasteiger partial charge in [0, 0.05) is 38.9 Å². The number of rotatable bonds is 5. The highest BCUT2D eigenvalue weighted by Crippen LogP contribution is 2.22. The van der Waals surface area contributed by atoms with E-state index in [4.69, 9.17) is 0 Å². The zero-order valence-electron chi connectivity index (χ0n) is 14.6. The number of hydrogen-bond acceptors (Lipinski definition) is 2. The summed E-state index contributed by atoms with van der Waals surface area (Å²) in [4.78, 5) is 6.68. The molecule has 1 aliphatic rings. The Kier molecular flexibility index (Phi) is 5.88. The average molecular weight is 340 g/mol. The van der Waals surface area contributed by atoms with Gasteiger partial charge in [-0.1, -0.05) is 30.3 Å². The van der Waals surface area contributed by atoms with Crippen LogP contribution in [0.3, 0.4) is 0 Å². The Morgan fingerprint density at radius 3 is 2.76 bits per heavy atom. The van der Waals surface area contributed by atoms with Crippen molar-refractivity contribution >= 4 is 11.6 Å². The molecule has 0 bridgehead atoms. The van der Waals surface area contributed by atoms with E-state index < -0.39 is 0 Å². The Morgan fingerprint density at radius 1 is 1.16 bits per heavy atom. The van der Waals surface area contributed by atoms with Gasteiger partial charge in [0.25, 0.3) is 0 Å². The molecule has 1 unspecified atom stereocenters. The van der Waals surface area contributed by atoms with Crippen molar-refractivity contribution < 1.29 is 4.39 Å². The minimum absolute atomic E-state index is 0.214. The third-order valence-corrected chi connectivity index (χ3v) is 4.54. The summed E-state index contributed by atoms with van der Waals surface area (Å²) in [6, 6.07) is 17.1. The molecule has 4 nitrogen and oxygen atoms in total. The molecule has 0 aromatic heterocycles. The predicted octanol–water partition coefficient (Wildman–Crippen LogP) is 3.02. The molecule has 0 aliphatic carbocycles. The van der Waals surface area contributed by atoms with Gasteiger partial charge in [0.05, 0.1) is 0 Å². The molecular weight excluding hydrogens is 315 g/mol. The fourth-order valence-corrected chi connectivity index (χ4v) is 3.17. The van der Waals surface area contributed by atoms with Gasteiger partial charge in [0.1, 0.15) is 5.82 Å². The van der Waals surface area contributed by atoms with Gasteiger partial charge in [0.2, 0.25) is 0 Å². The van der Waals surface area contributed by atoms with E-state index in [2.05, 4.69) is 44.8 Å². The van der Waals surface area contributed by atoms with Crippen LogP contribution in [0.5, 0.6) is 0 Å². The monoisotopic (exact) mass is 340 g/mol. The van der Waals surface area contributed by atoms with Crippen LogP contribution in [0, 0.1) is 11.7 Å². The predicted molar refractivity (Wildman–Crippen MR) is 101 cm³/mol. The molecule has 2 aromatic rings. The summed E-state index contributed by atoms with van der Waals surface area (Å²) >= 11 is 0. The fourth-order valence-electron chi connectivity index (χ4n) is 3.17. The highest BCUT2D eigenvalue weighted by molar-refractivity contribution is 5.79. The van der Waals surface area contributed by atoms with Gasteiger partial charge < -0.3 is 15.5 Å². The molecule has 0 spiro atoms. The van der Waals surface area contributed by atoms with Crippen molar-refractivity contribution in [3.8, 4) is 0 Å². The Hall–Kier alpha value is -2.56. The van der Waals surface area contributed by atoms with Crippen molar-refractivity contribution in [2.75, 3.05) is 31.6 Å². The Bertz CT molecular complexity index is 702. The lowest BCUT2D eigenvalue weighted by atomic mass is 10.1. The normalized spacial score (nSPS) is 17.6. The fraction of sp³-hybridized carbons (Fsp3) is 0.350. The highest BCUT2D eigenvalue weighted by atomic mass is 19.1. The van der Waals surface area contributed by atoms with E-state index in [1.54, 1.807) is 13.1 Å². The van der Waals surface area contributed by atoms with Crippen LogP contribution in [0.2, 0.25) is 0 Å². The molecule has 1 fully saturated rings. The lowest BCUT2D eigenvalue weighted by molar-refractivity contribution is 0.565. The molecule has 1 atom stereocenters. The standard InChI is InChI=1S/C20H25FN4/c1-22-20(23-13-16-6-5-7-18(21)12-16)24-14-17-10-11-25(15-17)19-8-3-2-4-9-19/h2-9,12,17H,10-11,13-15H2,1H3,(H2,22,23,24). The van der Waals surface area contributed by atoms with E-state index in [-0.39, 0.29) is 5.82 Å². The number of benzene rings is 2. The van der Waals surface area contributed by atoms with E-state index in [1.807, 2.05) is 12.1 Å². The van der Waals surface area contributed by atoms with Crippen LogP contribution in [0.15, 0.2) is 59.6 Å². The summed E-state index contributed by atoms with van der Waals surface area (Å²) in [6.07, 6.45) is 1.17. The molecule has 2 aromatic carbocycles. The van der Waals surface area contributed by atoms with Gasteiger partial charge in [-0.25, -0.2) is 4.39 Å². The number of halogens is 1. The van der Waals surface area contributed by atoms with Crippen molar-refractivity contribution in [2.45, 2.75) is 13.0 Å². The van der Waals surface area contributed by atoms with Gasteiger partial charge in [0.15, 0.2) is 5.96 Å². The summed E-state index contributed by atoms with van der Waals surface area (Å²) < 4.78 is 13.2. The maximum Gasteiger partial charge on any atom is 0.191 e. The quantitative estimate of drug-likeness (QED) is 0.649. The SMILES string of the molecule is CN=C(NCc1cccc(F)c1)NCC1CCN(c2ccccc2)C1. The minimum Gasteiger partial charge on any atom is -0.371 e. The number of hydrogen-bond donors (Lipinski definition) is 2. The summed E-state index contributed by atoms with van der Waals surface area (Å²) in [5.74, 6) is 1.13. The van der Waals surface area contributed by atoms with Crippen molar-refractivity contribution in [1.82, 2.24) is 10.6 Å². The van der Waals surface area contributed by atoms with Crippen LogP contribution < -0.4 is 15.5 Å². The molecular formula is C20H25FN4. The molecule has 1 saturated heterocycles. The molecule has 1 heterocycles. The van der Waals surface area contributed by atoms with E-state index in [9.17, 15) is 4.39 Å². The third-order valence-electron chi connectivity index (χ3n) is 4.54. The molecule has 2 N–H and O–H groups in total. The van der Waals surface area contributed by atoms with E-state index in [1.165, 1.54) is 24.2 Å². The summed E-state index contributed by atoms with van der Waals surface area (Å²) in [5, 5.41) is 6.63. The number of aliphatic imine (C=N–C) groups is 1. The average Bonchev–Trinajstić information content (AvgIpc) is 3.12. The molecule has 0 radical (unpaired) electrons. The van der Waals surface area contributed by atoms with Crippen LogP contribution in [0.1, 0.15) is 12.0 Å². The van der Waals surface area contributed by atoms with E-state index >= 15 is 0 Å². The zero-order chi connectivity index (χ0) is 17.5. The maximum atomic E-state index is 13.2. The second-order valence-corrected chi connectivity index (χ2v) is 6.37. The lowest BCUT2D eigenvalue weighted by Gasteiger charge is -2.19. The molecule has 0 amide bonds. The number of nitrogens with one attached hydrogen (secondary N) is 2. The molecule has 3 rings (SSSR count). The second-order valence-electron chi connectivity index (χ2n) is 6.37. The number of guanidine groups is 1. The van der Waals surface area contributed by atoms with Crippen molar-refractivity contribution in [2.24, 2.45) is 10.9 Å². The van der Waals surface area contributed by atoms with Crippen LogP contribution in [0.4, 0.5) is 10.1 Å². The smallest absolute Gasteiger partial charge is 0.191 e. The van der Waals surface area contributed by atoms with Crippen molar-refractivity contribution in [3.05, 3.63) is 66.0 Å². The van der Waals surface area contributed by atoms with Gasteiger partial charge >= 0.3 is 0 Å². The van der Waals surface area contributed by atoms with Gasteiger partial charge in [-0.3, -0.25) is 4.99 Å². The highest BCUT2D eigenvalue weighted by Gasteiger charge is 2.22. The Morgan fingerprint density at radius 2 is 2.00 bits per heavy atom. The largest absolute Gasteiger partial charge is 0.371 e. The van der Waals surface area contributed by atoms with Crippen LogP contribution >= 0.6 is 0 Å². The van der Waals surface area contributed by atoms with Crippen LogP contribution in [-0.2, 0) is 6.54 Å². The van der Waals surface area contributed by atoms with Crippen molar-refractivity contribution in [1.29, 1.82) is 0 Å². The van der Waals surface area contributed by atoms with Crippen molar-refractivity contribution in [3.63, 3.8) is 0 Å². The first-order chi connectivity index (χ1) is 12.2. The summed E-state index contributed by atoms with van der Waals surface area (Å²) in [7, 11) is 1.76. The first-order valence-corrected chi connectivity index (χ1v) is 8.73. The first kappa shape index (κ1) is 17.3. The first-order valence-electron chi connectivity index (χ1n) is 8.73. The van der Waals surface area contributed by atoms with Crippen LogP contribution in [0.25, 0.3) is 0 Å². The maximum absolute atomic E-state index is 13.2. The lowest BCUT2D eigenvalue weighted by Crippen LogP contribution is -2.39. The minimum atomic E-state index is -0.214. The molecule has 1 aliphatic heterocycles. The van der Waals surface area contributed by atoms with Gasteiger partial charge in [-0.2, -0.15) is 0 Å². The Labute approximate surface area is 148 Å². The van der Waals surface area contributed by atoms with Gasteiger partial charge in [-0.05, 0) is 42.2 Å². The molecule has 5 heteroatoms.